The molecule has 1 aromatic rings. The zero-order valence-electron chi connectivity index (χ0n) is 13.3. The van der Waals surface area contributed by atoms with Gasteiger partial charge < -0.3 is 4.90 Å². The standard InChI is InChI=1S/C16H24N2O2S/c1-10-6-7-14(11(2)8-10)15-17-13(4)16(19)18(15)12(3)9-21(5)20/h6-8,12-13,15,17H,9H2,1-5H3. The number of carbonyl (C=O) groups excluding carboxylic acids is 1. The molecule has 1 amide bonds. The summed E-state index contributed by atoms with van der Waals surface area (Å²) in [6.45, 7) is 7.98. The van der Waals surface area contributed by atoms with Crippen LogP contribution < -0.4 is 5.32 Å². The molecule has 4 unspecified atom stereocenters. The molecule has 5 heteroatoms. The molecule has 0 aliphatic carbocycles. The molecule has 1 fully saturated rings. The van der Waals surface area contributed by atoms with Crippen LogP contribution in [0.1, 0.15) is 36.7 Å². The van der Waals surface area contributed by atoms with Crippen molar-refractivity contribution in [3.05, 3.63) is 34.9 Å². The number of amides is 1. The highest BCUT2D eigenvalue weighted by molar-refractivity contribution is 7.84. The van der Waals surface area contributed by atoms with E-state index < -0.39 is 10.8 Å². The maximum atomic E-state index is 12.5. The Bertz CT molecular complexity index is 573. The maximum Gasteiger partial charge on any atom is 0.241 e. The predicted molar refractivity (Wildman–Crippen MR) is 86.5 cm³/mol. The number of aryl methyl sites for hydroxylation is 2. The Labute approximate surface area is 129 Å². The van der Waals surface area contributed by atoms with Gasteiger partial charge >= 0.3 is 0 Å². The fourth-order valence-electron chi connectivity index (χ4n) is 3.00. The Morgan fingerprint density at radius 1 is 1.38 bits per heavy atom. The summed E-state index contributed by atoms with van der Waals surface area (Å²) in [5.41, 5.74) is 3.50. The van der Waals surface area contributed by atoms with Crippen molar-refractivity contribution in [2.45, 2.75) is 45.9 Å². The van der Waals surface area contributed by atoms with Crippen LogP contribution in [0.15, 0.2) is 18.2 Å². The first kappa shape index (κ1) is 16.2. The van der Waals surface area contributed by atoms with E-state index in [0.29, 0.717) is 5.75 Å². The molecule has 4 nitrogen and oxygen atoms in total. The van der Waals surface area contributed by atoms with Crippen molar-refractivity contribution in [2.75, 3.05) is 12.0 Å². The topological polar surface area (TPSA) is 49.4 Å². The minimum Gasteiger partial charge on any atom is -0.318 e. The third-order valence-corrected chi connectivity index (χ3v) is 4.93. The molecule has 1 aliphatic rings. The number of hydrogen-bond acceptors (Lipinski definition) is 3. The van der Waals surface area contributed by atoms with Gasteiger partial charge in [0.1, 0.15) is 6.17 Å². The summed E-state index contributed by atoms with van der Waals surface area (Å²) in [6, 6.07) is 6.02. The van der Waals surface area contributed by atoms with Crippen LogP contribution >= 0.6 is 0 Å². The lowest BCUT2D eigenvalue weighted by atomic mass is 10.0. The average Bonchev–Trinajstić information content (AvgIpc) is 2.64. The van der Waals surface area contributed by atoms with E-state index in [9.17, 15) is 9.00 Å². The van der Waals surface area contributed by atoms with E-state index in [-0.39, 0.29) is 24.2 Å². The van der Waals surface area contributed by atoms with E-state index in [1.54, 1.807) is 6.26 Å². The Hall–Kier alpha value is -1.20. The van der Waals surface area contributed by atoms with Crippen LogP contribution in [0, 0.1) is 13.8 Å². The summed E-state index contributed by atoms with van der Waals surface area (Å²) in [7, 11) is -0.920. The third-order valence-electron chi connectivity index (χ3n) is 3.98. The van der Waals surface area contributed by atoms with Crippen molar-refractivity contribution in [1.29, 1.82) is 0 Å². The lowest BCUT2D eigenvalue weighted by Gasteiger charge is -2.31. The first-order valence-electron chi connectivity index (χ1n) is 7.26. The molecule has 0 saturated carbocycles. The van der Waals surface area contributed by atoms with Gasteiger partial charge in [0, 0.05) is 28.9 Å². The number of rotatable bonds is 4. The molecule has 1 aliphatic heterocycles. The third kappa shape index (κ3) is 3.35. The Morgan fingerprint density at radius 2 is 2.05 bits per heavy atom. The van der Waals surface area contributed by atoms with Crippen LogP contribution in [-0.4, -0.2) is 39.1 Å². The fraction of sp³-hybridized carbons (Fsp3) is 0.562. The highest BCUT2D eigenvalue weighted by Crippen LogP contribution is 2.30. The number of hydrogen-bond donors (Lipinski definition) is 1. The van der Waals surface area contributed by atoms with Crippen molar-refractivity contribution in [2.24, 2.45) is 0 Å². The average molecular weight is 308 g/mol. The minimum atomic E-state index is -0.920. The van der Waals surface area contributed by atoms with Gasteiger partial charge in [-0.05, 0) is 38.8 Å². The molecule has 1 saturated heterocycles. The summed E-state index contributed by atoms with van der Waals surface area (Å²) in [5, 5.41) is 3.36. The maximum absolute atomic E-state index is 12.5. The van der Waals surface area contributed by atoms with Gasteiger partial charge in [0.05, 0.1) is 6.04 Å². The highest BCUT2D eigenvalue weighted by Gasteiger charge is 2.40. The van der Waals surface area contributed by atoms with Crippen LogP contribution in [0.25, 0.3) is 0 Å². The van der Waals surface area contributed by atoms with E-state index in [1.165, 1.54) is 11.1 Å². The lowest BCUT2D eigenvalue weighted by molar-refractivity contribution is -0.131. The normalized spacial score (nSPS) is 25.2. The van der Waals surface area contributed by atoms with E-state index in [4.69, 9.17) is 0 Å². The van der Waals surface area contributed by atoms with Gasteiger partial charge in [-0.1, -0.05) is 23.8 Å². The summed E-state index contributed by atoms with van der Waals surface area (Å²) in [4.78, 5) is 14.3. The van der Waals surface area contributed by atoms with Crippen LogP contribution in [0.3, 0.4) is 0 Å². The highest BCUT2D eigenvalue weighted by atomic mass is 32.2. The van der Waals surface area contributed by atoms with Crippen molar-refractivity contribution in [3.63, 3.8) is 0 Å². The van der Waals surface area contributed by atoms with Crippen molar-refractivity contribution >= 4 is 16.7 Å². The molecular formula is C16H24N2O2S. The van der Waals surface area contributed by atoms with Gasteiger partial charge in [-0.3, -0.25) is 14.3 Å². The first-order chi connectivity index (χ1) is 9.81. The SMILES string of the molecule is Cc1ccc(C2NC(C)C(=O)N2C(C)CS(C)=O)c(C)c1. The molecule has 2 rings (SSSR count). The molecule has 1 aromatic carbocycles. The van der Waals surface area contributed by atoms with Crippen LogP contribution in [0.5, 0.6) is 0 Å². The zero-order valence-corrected chi connectivity index (χ0v) is 14.2. The summed E-state index contributed by atoms with van der Waals surface area (Å²) < 4.78 is 11.5. The van der Waals surface area contributed by atoms with Crippen LogP contribution in [-0.2, 0) is 15.6 Å². The lowest BCUT2D eigenvalue weighted by Crippen LogP contribution is -2.41. The van der Waals surface area contributed by atoms with Gasteiger partial charge in [0.25, 0.3) is 0 Å². The molecule has 0 spiro atoms. The Morgan fingerprint density at radius 3 is 2.62 bits per heavy atom. The monoisotopic (exact) mass is 308 g/mol. The number of carbonyl (C=O) groups is 1. The molecule has 21 heavy (non-hydrogen) atoms. The quantitative estimate of drug-likeness (QED) is 0.924. The van der Waals surface area contributed by atoms with Crippen LogP contribution in [0.4, 0.5) is 0 Å². The van der Waals surface area contributed by atoms with E-state index in [1.807, 2.05) is 18.7 Å². The van der Waals surface area contributed by atoms with E-state index >= 15 is 0 Å². The van der Waals surface area contributed by atoms with E-state index in [0.717, 1.165) is 5.56 Å². The van der Waals surface area contributed by atoms with Crippen LogP contribution in [0.2, 0.25) is 0 Å². The molecule has 4 atom stereocenters. The Balaban J connectivity index is 2.35. The number of nitrogens with zero attached hydrogens (tertiary/aromatic N) is 1. The fourth-order valence-corrected chi connectivity index (χ4v) is 3.84. The van der Waals surface area contributed by atoms with Gasteiger partial charge in [-0.15, -0.1) is 0 Å². The molecule has 0 bridgehead atoms. The zero-order chi connectivity index (χ0) is 15.7. The smallest absolute Gasteiger partial charge is 0.241 e. The largest absolute Gasteiger partial charge is 0.318 e. The van der Waals surface area contributed by atoms with Crippen molar-refractivity contribution in [1.82, 2.24) is 10.2 Å². The van der Waals surface area contributed by atoms with Gasteiger partial charge in [0.15, 0.2) is 0 Å². The van der Waals surface area contributed by atoms with Gasteiger partial charge in [-0.2, -0.15) is 0 Å². The number of benzene rings is 1. The molecule has 0 radical (unpaired) electrons. The molecule has 0 aromatic heterocycles. The predicted octanol–water partition coefficient (Wildman–Crippen LogP) is 1.89. The molecular weight excluding hydrogens is 284 g/mol. The van der Waals surface area contributed by atoms with E-state index in [2.05, 4.69) is 37.4 Å². The number of nitrogens with one attached hydrogen (secondary N) is 1. The molecule has 1 N–H and O–H groups in total. The second-order valence-corrected chi connectivity index (χ2v) is 7.47. The summed E-state index contributed by atoms with van der Waals surface area (Å²) in [6.07, 6.45) is 1.55. The Kier molecular flexibility index (Phi) is 4.84. The van der Waals surface area contributed by atoms with Crippen molar-refractivity contribution in [3.8, 4) is 0 Å². The van der Waals surface area contributed by atoms with Crippen molar-refractivity contribution < 1.29 is 9.00 Å². The molecule has 116 valence electrons. The van der Waals surface area contributed by atoms with Gasteiger partial charge in [-0.25, -0.2) is 0 Å². The van der Waals surface area contributed by atoms with Gasteiger partial charge in [0.2, 0.25) is 5.91 Å². The first-order valence-corrected chi connectivity index (χ1v) is 8.99. The molecule has 1 heterocycles. The summed E-state index contributed by atoms with van der Waals surface area (Å²) >= 11 is 0. The summed E-state index contributed by atoms with van der Waals surface area (Å²) in [5.74, 6) is 0.583. The minimum absolute atomic E-state index is 0.0495. The second-order valence-electron chi connectivity index (χ2n) is 5.99. The second kappa shape index (κ2) is 6.28.